The number of hydrogen-bond acceptors (Lipinski definition) is 8. The Balaban J connectivity index is 1.16. The third-order valence-electron chi connectivity index (χ3n) is 9.79. The van der Waals surface area contributed by atoms with E-state index in [2.05, 4.69) is 13.2 Å². The molecule has 2 aromatic carbocycles. The van der Waals surface area contributed by atoms with Crippen molar-refractivity contribution in [3.63, 3.8) is 0 Å². The first-order valence-electron chi connectivity index (χ1n) is 17.0. The number of allylic oxidation sites excluding steroid dienone is 6. The van der Waals surface area contributed by atoms with E-state index in [4.69, 9.17) is 18.9 Å². The van der Waals surface area contributed by atoms with Crippen molar-refractivity contribution in [3.8, 4) is 17.2 Å². The smallest absolute Gasteiger partial charge is 0.314 e. The van der Waals surface area contributed by atoms with Gasteiger partial charge in [-0.2, -0.15) is 0 Å². The summed E-state index contributed by atoms with van der Waals surface area (Å²) < 4.78 is 23.0. The van der Waals surface area contributed by atoms with Crippen molar-refractivity contribution in [1.29, 1.82) is 0 Å². The molecule has 1 heterocycles. The second-order valence-electron chi connectivity index (χ2n) is 13.0. The minimum atomic E-state index is -0.334. The standard InChI is InChI=1S/C39H42B2O8/c1-4-6-8-11-29(5-2)46-36(42)25-14-20-28(21-15-25)39(45)49-32-23-22-31(33-24(3)35(40)41-34(32)33)48-38(44)27-18-16-26(17-19-27)37(43)47-30-12-9-7-10-13-30/h4-13,22-23,25-28,41H,1-2,14-21,40H2,3H3/b8-6-,29-11+. The minimum absolute atomic E-state index is 0.253. The number of rotatable bonds is 11. The van der Waals surface area contributed by atoms with Crippen molar-refractivity contribution >= 4 is 50.0 Å². The molecule has 3 aliphatic rings. The molecule has 2 aliphatic carbocycles. The lowest BCUT2D eigenvalue weighted by Crippen LogP contribution is -2.31. The number of carbonyl (C=O) groups excluding carboxylic acids is 4. The molecule has 5 rings (SSSR count). The lowest BCUT2D eigenvalue weighted by Gasteiger charge is -2.27. The van der Waals surface area contributed by atoms with Gasteiger partial charge in [0.1, 0.15) is 30.9 Å². The maximum Gasteiger partial charge on any atom is 0.314 e. The Hall–Kier alpha value is -4.85. The van der Waals surface area contributed by atoms with Crippen molar-refractivity contribution < 1.29 is 38.1 Å². The van der Waals surface area contributed by atoms with Gasteiger partial charge >= 0.3 is 23.9 Å². The van der Waals surface area contributed by atoms with E-state index < -0.39 is 0 Å². The number of benzene rings is 2. The Kier molecular flexibility index (Phi) is 11.9. The zero-order valence-electron chi connectivity index (χ0n) is 28.3. The summed E-state index contributed by atoms with van der Waals surface area (Å²) in [6, 6.07) is 12.4. The largest absolute Gasteiger partial charge is 0.427 e. The van der Waals surface area contributed by atoms with Crippen LogP contribution in [0.15, 0.2) is 97.1 Å². The molecule has 0 unspecified atom stereocenters. The summed E-state index contributed by atoms with van der Waals surface area (Å²) in [7, 11) is 2.61. The summed E-state index contributed by atoms with van der Waals surface area (Å²) in [5.41, 5.74) is 2.61. The van der Waals surface area contributed by atoms with Crippen LogP contribution in [-0.4, -0.2) is 39.0 Å². The first kappa shape index (κ1) is 35.5. The molecular weight excluding hydrogens is 618 g/mol. The lowest BCUT2D eigenvalue weighted by atomic mass is 9.58. The Morgan fingerprint density at radius 3 is 1.78 bits per heavy atom. The van der Waals surface area contributed by atoms with Crippen LogP contribution in [0.1, 0.15) is 63.9 Å². The number of ether oxygens (including phenoxy) is 4. The van der Waals surface area contributed by atoms with Crippen LogP contribution in [0.5, 0.6) is 17.2 Å². The highest BCUT2D eigenvalue weighted by atomic mass is 16.5. The first-order chi connectivity index (χ1) is 23.7. The fraction of sp³-hybridized carbons (Fsp3) is 0.333. The summed E-state index contributed by atoms with van der Waals surface area (Å²) in [4.78, 5) is 52.0. The monoisotopic (exact) mass is 660 g/mol. The maximum absolute atomic E-state index is 13.3. The molecule has 252 valence electrons. The molecular formula is C39H42B2O8. The average molecular weight is 660 g/mol. The summed E-state index contributed by atoms with van der Waals surface area (Å²) in [5, 5.41) is 1.11. The van der Waals surface area contributed by atoms with Gasteiger partial charge in [0.25, 0.3) is 0 Å². The van der Waals surface area contributed by atoms with Crippen LogP contribution in [0.3, 0.4) is 0 Å². The van der Waals surface area contributed by atoms with E-state index in [1.807, 2.05) is 33.0 Å². The molecule has 2 fully saturated rings. The predicted octanol–water partition coefficient (Wildman–Crippen LogP) is 5.47. The maximum atomic E-state index is 13.3. The third-order valence-corrected chi connectivity index (χ3v) is 9.79. The average Bonchev–Trinajstić information content (AvgIpc) is 3.43. The van der Waals surface area contributed by atoms with Gasteiger partial charge in [-0.25, -0.2) is 0 Å². The fourth-order valence-electron chi connectivity index (χ4n) is 6.76. The van der Waals surface area contributed by atoms with Gasteiger partial charge in [-0.3, -0.25) is 19.2 Å². The molecule has 2 aromatic rings. The van der Waals surface area contributed by atoms with Gasteiger partial charge in [0, 0.05) is 5.56 Å². The first-order valence-corrected chi connectivity index (χ1v) is 17.0. The van der Waals surface area contributed by atoms with E-state index in [0.717, 1.165) is 22.0 Å². The second-order valence-corrected chi connectivity index (χ2v) is 13.0. The van der Waals surface area contributed by atoms with Crippen molar-refractivity contribution in [2.45, 2.75) is 58.3 Å². The molecule has 0 bridgehead atoms. The molecule has 0 radical (unpaired) electrons. The third kappa shape index (κ3) is 8.79. The van der Waals surface area contributed by atoms with E-state index >= 15 is 0 Å². The normalized spacial score (nSPS) is 22.0. The van der Waals surface area contributed by atoms with Gasteiger partial charge in [-0.05, 0) is 100 Å². The van der Waals surface area contributed by atoms with Crippen LogP contribution in [0.25, 0.3) is 5.57 Å². The highest BCUT2D eigenvalue weighted by Crippen LogP contribution is 2.37. The zero-order chi connectivity index (χ0) is 34.9. The quantitative estimate of drug-likeness (QED) is 0.103. The molecule has 0 spiro atoms. The van der Waals surface area contributed by atoms with Gasteiger partial charge in [0.15, 0.2) is 7.28 Å². The molecule has 10 heteroatoms. The van der Waals surface area contributed by atoms with E-state index in [0.29, 0.717) is 81.7 Å². The van der Waals surface area contributed by atoms with E-state index in [-0.39, 0.29) is 47.5 Å². The molecule has 0 N–H and O–H groups in total. The molecule has 0 saturated heterocycles. The van der Waals surface area contributed by atoms with E-state index in [1.54, 1.807) is 48.6 Å². The summed E-state index contributed by atoms with van der Waals surface area (Å²) in [6.07, 6.45) is 12.5. The number of hydrogen-bond donors (Lipinski definition) is 0. The number of para-hydroxylation sites is 1. The summed E-state index contributed by atoms with van der Waals surface area (Å²) >= 11 is 0. The molecule has 0 aromatic heterocycles. The van der Waals surface area contributed by atoms with Crippen molar-refractivity contribution in [3.05, 3.63) is 103 Å². The minimum Gasteiger partial charge on any atom is -0.427 e. The molecule has 1 aliphatic heterocycles. The van der Waals surface area contributed by atoms with Crippen molar-refractivity contribution in [2.24, 2.45) is 23.7 Å². The van der Waals surface area contributed by atoms with E-state index in [9.17, 15) is 19.2 Å². The zero-order valence-corrected chi connectivity index (χ0v) is 28.3. The fourth-order valence-corrected chi connectivity index (χ4v) is 6.76. The lowest BCUT2D eigenvalue weighted by molar-refractivity contribution is -0.148. The summed E-state index contributed by atoms with van der Waals surface area (Å²) in [5.74, 6) is -0.666. The molecule has 0 atom stereocenters. The van der Waals surface area contributed by atoms with Gasteiger partial charge in [-0.15, -0.1) is 5.37 Å². The Morgan fingerprint density at radius 2 is 1.22 bits per heavy atom. The van der Waals surface area contributed by atoms with Gasteiger partial charge in [0.2, 0.25) is 0 Å². The Morgan fingerprint density at radius 1 is 0.714 bits per heavy atom. The topological polar surface area (TPSA) is 105 Å². The number of carbonyl (C=O) groups is 4. The number of fused-ring (bicyclic) bond motifs is 1. The molecule has 49 heavy (non-hydrogen) atoms. The summed E-state index contributed by atoms with van der Waals surface area (Å²) in [6.45, 7) is 9.30. The van der Waals surface area contributed by atoms with E-state index in [1.165, 1.54) is 6.08 Å². The molecule has 0 amide bonds. The molecule has 8 nitrogen and oxygen atoms in total. The Labute approximate surface area is 289 Å². The van der Waals surface area contributed by atoms with Crippen molar-refractivity contribution in [1.82, 2.24) is 0 Å². The van der Waals surface area contributed by atoms with Crippen molar-refractivity contribution in [2.75, 3.05) is 0 Å². The predicted molar refractivity (Wildman–Crippen MR) is 192 cm³/mol. The molecule has 2 saturated carbocycles. The SMILES string of the molecule is BC1=C(C)c2c(OC(=O)C3CCC(C(=O)Oc4ccccc4)CC3)ccc(OC(=O)C3CCC(C(=O)O/C(C=C)=C/C=C\C=C)CC3)c2B1. The number of esters is 4. The highest BCUT2D eigenvalue weighted by molar-refractivity contribution is 6.77. The van der Waals surface area contributed by atoms with Crippen LogP contribution in [-0.2, 0) is 23.9 Å². The van der Waals surface area contributed by atoms with Crippen LogP contribution in [0.2, 0.25) is 0 Å². The van der Waals surface area contributed by atoms with Crippen LogP contribution in [0, 0.1) is 23.7 Å². The Bertz CT molecular complexity index is 1690. The van der Waals surface area contributed by atoms with Gasteiger partial charge < -0.3 is 18.9 Å². The van der Waals surface area contributed by atoms with Crippen LogP contribution >= 0.6 is 0 Å². The highest BCUT2D eigenvalue weighted by Gasteiger charge is 2.35. The second kappa shape index (κ2) is 16.5. The van der Waals surface area contributed by atoms with Gasteiger partial charge in [-0.1, -0.05) is 55.2 Å². The van der Waals surface area contributed by atoms with Gasteiger partial charge in [0.05, 0.1) is 23.7 Å². The van der Waals surface area contributed by atoms with Crippen LogP contribution < -0.4 is 19.7 Å². The van der Waals surface area contributed by atoms with Crippen LogP contribution in [0.4, 0.5) is 0 Å².